The van der Waals surface area contributed by atoms with Crippen LogP contribution in [-0.4, -0.2) is 72.5 Å². The number of amides is 1. The second-order valence-corrected chi connectivity index (χ2v) is 7.98. The Hall–Kier alpha value is -1.61. The number of carbonyl (C=O) groups is 1. The van der Waals surface area contributed by atoms with E-state index in [-0.39, 0.29) is 43.3 Å². The highest BCUT2D eigenvalue weighted by Gasteiger charge is 2.38. The average molecular weight is 560 g/mol. The van der Waals surface area contributed by atoms with Gasteiger partial charge in [-0.05, 0) is 52.8 Å². The quantitative estimate of drug-likeness (QED) is 0.285. The molecule has 3 unspecified atom stereocenters. The number of nitrogens with one attached hydrogen (secondary N) is 2. The standard InChI is InChI=1S/C19H24F3IN2O6/c1-30-15-5-10(8-27)4-12(23)17(15)31-14-7-11(18(29)24-2-3-26)6-13(16(14)28)25-9-19(20,21)22/h4-5,7,13-14,16,25-28H,2-3,6,8-9H2,1H3,(H,24,29). The molecule has 3 atom stereocenters. The highest BCUT2D eigenvalue weighted by atomic mass is 127. The fourth-order valence-corrected chi connectivity index (χ4v) is 3.85. The third kappa shape index (κ3) is 7.20. The lowest BCUT2D eigenvalue weighted by molar-refractivity contribution is -0.129. The first kappa shape index (κ1) is 25.6. The van der Waals surface area contributed by atoms with Gasteiger partial charge in [0, 0.05) is 18.2 Å². The zero-order chi connectivity index (χ0) is 23.2. The minimum atomic E-state index is -4.50. The lowest BCUT2D eigenvalue weighted by atomic mass is 9.89. The van der Waals surface area contributed by atoms with E-state index in [9.17, 15) is 28.2 Å². The lowest BCUT2D eigenvalue weighted by Crippen LogP contribution is -2.53. The van der Waals surface area contributed by atoms with E-state index in [0.717, 1.165) is 0 Å². The van der Waals surface area contributed by atoms with E-state index >= 15 is 0 Å². The number of aliphatic hydroxyl groups excluding tert-OH is 3. The minimum Gasteiger partial charge on any atom is -0.493 e. The average Bonchev–Trinajstić information content (AvgIpc) is 2.72. The largest absolute Gasteiger partial charge is 0.493 e. The van der Waals surface area contributed by atoms with Gasteiger partial charge in [-0.1, -0.05) is 0 Å². The van der Waals surface area contributed by atoms with Crippen LogP contribution < -0.4 is 20.1 Å². The molecule has 1 aliphatic rings. The molecule has 1 aromatic carbocycles. The molecule has 0 heterocycles. The number of hydrogen-bond donors (Lipinski definition) is 5. The molecule has 31 heavy (non-hydrogen) atoms. The summed E-state index contributed by atoms with van der Waals surface area (Å²) in [5.74, 6) is -0.106. The van der Waals surface area contributed by atoms with Crippen LogP contribution in [0.5, 0.6) is 11.5 Å². The van der Waals surface area contributed by atoms with E-state index in [4.69, 9.17) is 14.6 Å². The van der Waals surface area contributed by atoms with Crippen LogP contribution in [0.3, 0.4) is 0 Å². The van der Waals surface area contributed by atoms with E-state index in [1.807, 2.05) is 22.6 Å². The number of aliphatic hydroxyl groups is 3. The summed E-state index contributed by atoms with van der Waals surface area (Å²) in [6.07, 6.45) is -5.87. The summed E-state index contributed by atoms with van der Waals surface area (Å²) in [5.41, 5.74) is 0.673. The Morgan fingerprint density at radius 1 is 1.32 bits per heavy atom. The fourth-order valence-electron chi connectivity index (χ4n) is 3.06. The maximum atomic E-state index is 12.7. The van der Waals surface area contributed by atoms with Crippen molar-refractivity contribution in [2.75, 3.05) is 26.8 Å². The zero-order valence-electron chi connectivity index (χ0n) is 16.6. The van der Waals surface area contributed by atoms with Crippen LogP contribution in [0.15, 0.2) is 23.8 Å². The monoisotopic (exact) mass is 560 g/mol. The normalized spacial score (nSPS) is 21.4. The van der Waals surface area contributed by atoms with Crippen molar-refractivity contribution in [3.63, 3.8) is 0 Å². The zero-order valence-corrected chi connectivity index (χ0v) is 18.7. The first-order valence-electron chi connectivity index (χ1n) is 9.31. The number of halogens is 4. The maximum Gasteiger partial charge on any atom is 0.401 e. The highest BCUT2D eigenvalue weighted by molar-refractivity contribution is 14.1. The van der Waals surface area contributed by atoms with Gasteiger partial charge in [0.2, 0.25) is 5.91 Å². The summed E-state index contributed by atoms with van der Waals surface area (Å²) in [4.78, 5) is 12.4. The molecule has 8 nitrogen and oxygen atoms in total. The van der Waals surface area contributed by atoms with Crippen molar-refractivity contribution >= 4 is 28.5 Å². The SMILES string of the molecule is COc1cc(CO)cc(I)c1OC1C=C(C(=O)NCCO)CC(NCC(F)(F)F)C1O. The predicted octanol–water partition coefficient (Wildman–Crippen LogP) is 0.859. The van der Waals surface area contributed by atoms with Crippen LogP contribution in [0.4, 0.5) is 13.2 Å². The van der Waals surface area contributed by atoms with Crippen molar-refractivity contribution in [2.24, 2.45) is 0 Å². The molecule has 0 fully saturated rings. The van der Waals surface area contributed by atoms with Gasteiger partial charge in [0.15, 0.2) is 11.5 Å². The van der Waals surface area contributed by atoms with E-state index < -0.39 is 36.9 Å². The molecule has 0 saturated carbocycles. The molecule has 1 aromatic rings. The van der Waals surface area contributed by atoms with Gasteiger partial charge in [-0.3, -0.25) is 4.79 Å². The smallest absolute Gasteiger partial charge is 0.401 e. The van der Waals surface area contributed by atoms with Gasteiger partial charge in [0.1, 0.15) is 12.2 Å². The van der Waals surface area contributed by atoms with Crippen LogP contribution in [0.25, 0.3) is 0 Å². The van der Waals surface area contributed by atoms with Crippen LogP contribution in [-0.2, 0) is 11.4 Å². The summed E-state index contributed by atoms with van der Waals surface area (Å²) >= 11 is 1.94. The Kier molecular flexibility index (Phi) is 9.36. The van der Waals surface area contributed by atoms with Crippen LogP contribution >= 0.6 is 22.6 Å². The first-order valence-corrected chi connectivity index (χ1v) is 10.4. The molecular weight excluding hydrogens is 536 g/mol. The molecule has 0 bridgehead atoms. The Bertz CT molecular complexity index is 806. The molecular formula is C19H24F3IN2O6. The topological polar surface area (TPSA) is 120 Å². The Morgan fingerprint density at radius 3 is 2.61 bits per heavy atom. The number of rotatable bonds is 9. The highest BCUT2D eigenvalue weighted by Crippen LogP contribution is 2.36. The van der Waals surface area contributed by atoms with Gasteiger partial charge < -0.3 is 35.4 Å². The second kappa shape index (κ2) is 11.3. The van der Waals surface area contributed by atoms with Crippen molar-refractivity contribution in [3.8, 4) is 11.5 Å². The molecule has 174 valence electrons. The first-order chi connectivity index (χ1) is 14.6. The number of alkyl halides is 3. The molecule has 0 radical (unpaired) electrons. The van der Waals surface area contributed by atoms with Crippen molar-refractivity contribution in [2.45, 2.75) is 37.5 Å². The number of hydrogen-bond acceptors (Lipinski definition) is 7. The fraction of sp³-hybridized carbons (Fsp3) is 0.526. The van der Waals surface area contributed by atoms with Crippen LogP contribution in [0.2, 0.25) is 0 Å². The van der Waals surface area contributed by atoms with Crippen molar-refractivity contribution in [1.82, 2.24) is 10.6 Å². The molecule has 5 N–H and O–H groups in total. The summed E-state index contributed by atoms with van der Waals surface area (Å²) in [6, 6.07) is 2.06. The summed E-state index contributed by atoms with van der Waals surface area (Å²) in [6.45, 7) is -1.92. The third-order valence-electron chi connectivity index (χ3n) is 4.53. The molecule has 0 spiro atoms. The van der Waals surface area contributed by atoms with Crippen LogP contribution in [0, 0.1) is 3.57 Å². The van der Waals surface area contributed by atoms with E-state index in [2.05, 4.69) is 10.6 Å². The third-order valence-corrected chi connectivity index (χ3v) is 5.33. The van der Waals surface area contributed by atoms with Gasteiger partial charge in [-0.2, -0.15) is 13.2 Å². The number of ether oxygens (including phenoxy) is 2. The molecule has 2 rings (SSSR count). The minimum absolute atomic E-state index is 0.0285. The molecule has 0 saturated heterocycles. The van der Waals surface area contributed by atoms with Gasteiger partial charge in [-0.15, -0.1) is 0 Å². The Morgan fingerprint density at radius 2 is 2.03 bits per heavy atom. The van der Waals surface area contributed by atoms with Crippen molar-refractivity contribution in [1.29, 1.82) is 0 Å². The van der Waals surface area contributed by atoms with Crippen LogP contribution in [0.1, 0.15) is 12.0 Å². The van der Waals surface area contributed by atoms with Gasteiger partial charge >= 0.3 is 6.18 Å². The molecule has 12 heteroatoms. The van der Waals surface area contributed by atoms with Gasteiger partial charge in [0.05, 0.1) is 30.4 Å². The number of methoxy groups -OCH3 is 1. The number of carbonyl (C=O) groups excluding carboxylic acids is 1. The number of benzene rings is 1. The summed E-state index contributed by atoms with van der Waals surface area (Å²) < 4.78 is 49.8. The van der Waals surface area contributed by atoms with Gasteiger partial charge in [0.25, 0.3) is 0 Å². The van der Waals surface area contributed by atoms with E-state index in [0.29, 0.717) is 9.13 Å². The van der Waals surface area contributed by atoms with E-state index in [1.54, 1.807) is 6.07 Å². The Balaban J connectivity index is 2.34. The Labute approximate surface area is 190 Å². The predicted molar refractivity (Wildman–Crippen MR) is 113 cm³/mol. The maximum absolute atomic E-state index is 12.7. The molecule has 1 aliphatic carbocycles. The van der Waals surface area contributed by atoms with E-state index in [1.165, 1.54) is 19.3 Å². The second-order valence-electron chi connectivity index (χ2n) is 6.82. The molecule has 0 aliphatic heterocycles. The summed E-state index contributed by atoms with van der Waals surface area (Å²) in [7, 11) is 1.38. The van der Waals surface area contributed by atoms with Crippen molar-refractivity contribution in [3.05, 3.63) is 32.9 Å². The molecule has 0 aromatic heterocycles. The van der Waals surface area contributed by atoms with Gasteiger partial charge in [-0.25, -0.2) is 0 Å². The molecule has 1 amide bonds. The van der Waals surface area contributed by atoms with Crippen molar-refractivity contribution < 1.29 is 42.8 Å². The summed E-state index contributed by atoms with van der Waals surface area (Å²) in [5, 5.41) is 33.6. The lowest BCUT2D eigenvalue weighted by Gasteiger charge is -2.35.